The molecule has 0 aromatic carbocycles. The highest BCUT2D eigenvalue weighted by atomic mass is 16.5. The van der Waals surface area contributed by atoms with Gasteiger partial charge in [0.1, 0.15) is 0 Å². The minimum Gasteiger partial charge on any atom is -0.378 e. The van der Waals surface area contributed by atoms with Gasteiger partial charge in [-0.25, -0.2) is 0 Å². The number of rotatable bonds is 4. The van der Waals surface area contributed by atoms with Crippen molar-refractivity contribution in [1.82, 2.24) is 24.8 Å². The lowest BCUT2D eigenvalue weighted by molar-refractivity contribution is 0.0263. The highest BCUT2D eigenvalue weighted by Gasteiger charge is 2.21. The zero-order valence-corrected chi connectivity index (χ0v) is 13.8. The topological polar surface area (TPSA) is 67.0 Å². The molecule has 1 fully saturated rings. The van der Waals surface area contributed by atoms with Gasteiger partial charge in [0.05, 0.1) is 12.6 Å². The number of guanidine groups is 1. The molecule has 0 spiro atoms. The van der Waals surface area contributed by atoms with Gasteiger partial charge < -0.3 is 15.0 Å². The molecule has 3 heterocycles. The smallest absolute Gasteiger partial charge is 0.194 e. The first-order valence-corrected chi connectivity index (χ1v) is 8.17. The van der Waals surface area contributed by atoms with Crippen LogP contribution < -0.4 is 5.32 Å². The number of pyridine rings is 1. The molecule has 0 saturated carbocycles. The molecule has 2 aromatic heterocycles. The quantitative estimate of drug-likeness (QED) is 0.680. The van der Waals surface area contributed by atoms with Gasteiger partial charge in [-0.3, -0.25) is 9.39 Å². The van der Waals surface area contributed by atoms with Gasteiger partial charge in [-0.15, -0.1) is 10.2 Å². The Bertz CT molecular complexity index is 659. The Balaban J connectivity index is 1.58. The summed E-state index contributed by atoms with van der Waals surface area (Å²) in [5.74, 6) is 1.79. The number of fused-ring (bicyclic) bond motifs is 1. The summed E-state index contributed by atoms with van der Waals surface area (Å²) in [5.41, 5.74) is 0.858. The van der Waals surface area contributed by atoms with E-state index in [9.17, 15) is 0 Å². The van der Waals surface area contributed by atoms with Gasteiger partial charge in [0.2, 0.25) is 0 Å². The maximum Gasteiger partial charge on any atom is 0.194 e. The van der Waals surface area contributed by atoms with Gasteiger partial charge in [0, 0.05) is 32.9 Å². The Hall–Kier alpha value is -2.15. The number of piperidine rings is 1. The largest absolute Gasteiger partial charge is 0.378 e. The third kappa shape index (κ3) is 3.61. The van der Waals surface area contributed by atoms with Crippen LogP contribution in [-0.4, -0.2) is 58.3 Å². The number of hydrogen-bond acceptors (Lipinski definition) is 4. The zero-order chi connectivity index (χ0) is 16.1. The van der Waals surface area contributed by atoms with E-state index in [0.717, 1.165) is 50.0 Å². The van der Waals surface area contributed by atoms with Crippen LogP contribution >= 0.6 is 0 Å². The van der Waals surface area contributed by atoms with Crippen molar-refractivity contribution in [1.29, 1.82) is 0 Å². The van der Waals surface area contributed by atoms with Crippen LogP contribution in [-0.2, 0) is 11.3 Å². The second-order valence-electron chi connectivity index (χ2n) is 5.59. The molecule has 0 aliphatic carbocycles. The van der Waals surface area contributed by atoms with E-state index in [1.165, 1.54) is 0 Å². The van der Waals surface area contributed by atoms with Gasteiger partial charge in [0.25, 0.3) is 0 Å². The van der Waals surface area contributed by atoms with Crippen molar-refractivity contribution in [3.8, 4) is 0 Å². The van der Waals surface area contributed by atoms with Crippen molar-refractivity contribution in [3.63, 3.8) is 0 Å². The van der Waals surface area contributed by atoms with Crippen LogP contribution in [0.15, 0.2) is 29.4 Å². The van der Waals surface area contributed by atoms with Crippen LogP contribution in [0.5, 0.6) is 0 Å². The summed E-state index contributed by atoms with van der Waals surface area (Å²) < 4.78 is 7.69. The standard InChI is InChI=1S/C16H24N6O/c1-3-23-13-7-10-21(11-8-13)16(17-2)18-12-15-20-19-14-6-4-5-9-22(14)15/h4-6,9,13H,3,7-8,10-12H2,1-2H3,(H,17,18). The Morgan fingerprint density at radius 2 is 2.17 bits per heavy atom. The first-order chi connectivity index (χ1) is 11.3. The number of aliphatic imine (C=N–C) groups is 1. The molecule has 1 aliphatic rings. The van der Waals surface area contributed by atoms with Crippen molar-refractivity contribution in [2.24, 2.45) is 4.99 Å². The van der Waals surface area contributed by atoms with E-state index in [0.29, 0.717) is 12.6 Å². The number of aromatic nitrogens is 3. The summed E-state index contributed by atoms with van der Waals surface area (Å²) in [6.45, 7) is 5.37. The summed E-state index contributed by atoms with van der Waals surface area (Å²) in [7, 11) is 1.82. The first-order valence-electron chi connectivity index (χ1n) is 8.17. The van der Waals surface area contributed by atoms with E-state index < -0.39 is 0 Å². The monoisotopic (exact) mass is 316 g/mol. The number of ether oxygens (including phenoxy) is 1. The van der Waals surface area contributed by atoms with Crippen molar-refractivity contribution < 1.29 is 4.74 Å². The van der Waals surface area contributed by atoms with E-state index in [1.54, 1.807) is 0 Å². The van der Waals surface area contributed by atoms with Gasteiger partial charge in [0.15, 0.2) is 17.4 Å². The Morgan fingerprint density at radius 1 is 1.35 bits per heavy atom. The zero-order valence-electron chi connectivity index (χ0n) is 13.8. The molecule has 0 bridgehead atoms. The van der Waals surface area contributed by atoms with Crippen LogP contribution in [0.4, 0.5) is 0 Å². The molecule has 7 nitrogen and oxygen atoms in total. The third-order valence-electron chi connectivity index (χ3n) is 4.14. The number of hydrogen-bond donors (Lipinski definition) is 1. The van der Waals surface area contributed by atoms with Crippen molar-refractivity contribution >= 4 is 11.6 Å². The summed E-state index contributed by atoms with van der Waals surface area (Å²) in [6.07, 6.45) is 4.45. The van der Waals surface area contributed by atoms with Crippen LogP contribution in [0.2, 0.25) is 0 Å². The molecule has 124 valence electrons. The molecule has 0 radical (unpaired) electrons. The van der Waals surface area contributed by atoms with Crippen molar-refractivity contribution in [2.75, 3.05) is 26.7 Å². The molecule has 0 unspecified atom stereocenters. The SMILES string of the molecule is CCOC1CCN(C(=NC)NCc2nnc3ccccn23)CC1. The second kappa shape index (κ2) is 7.41. The fourth-order valence-electron chi connectivity index (χ4n) is 2.97. The second-order valence-corrected chi connectivity index (χ2v) is 5.59. The number of likely N-dealkylation sites (tertiary alicyclic amines) is 1. The average Bonchev–Trinajstić information content (AvgIpc) is 3.00. The Labute approximate surface area is 136 Å². The number of nitrogens with one attached hydrogen (secondary N) is 1. The van der Waals surface area contributed by atoms with Crippen LogP contribution in [0, 0.1) is 0 Å². The van der Waals surface area contributed by atoms with E-state index in [-0.39, 0.29) is 0 Å². The van der Waals surface area contributed by atoms with Crippen LogP contribution in [0.3, 0.4) is 0 Å². The van der Waals surface area contributed by atoms with Crippen molar-refractivity contribution in [3.05, 3.63) is 30.2 Å². The fourth-order valence-corrected chi connectivity index (χ4v) is 2.97. The fraction of sp³-hybridized carbons (Fsp3) is 0.562. The average molecular weight is 316 g/mol. The lowest BCUT2D eigenvalue weighted by Gasteiger charge is -2.33. The Kier molecular flexibility index (Phi) is 5.07. The molecule has 0 amide bonds. The van der Waals surface area contributed by atoms with E-state index in [1.807, 2.05) is 35.8 Å². The summed E-state index contributed by atoms with van der Waals surface area (Å²) >= 11 is 0. The maximum absolute atomic E-state index is 5.70. The third-order valence-corrected chi connectivity index (χ3v) is 4.14. The molecular weight excluding hydrogens is 292 g/mol. The van der Waals surface area contributed by atoms with E-state index >= 15 is 0 Å². The normalized spacial score (nSPS) is 17.0. The molecule has 3 rings (SSSR count). The van der Waals surface area contributed by atoms with E-state index in [2.05, 4.69) is 32.3 Å². The van der Waals surface area contributed by atoms with Crippen LogP contribution in [0.1, 0.15) is 25.6 Å². The lowest BCUT2D eigenvalue weighted by Crippen LogP contribution is -2.46. The molecule has 23 heavy (non-hydrogen) atoms. The Morgan fingerprint density at radius 3 is 2.91 bits per heavy atom. The molecule has 0 atom stereocenters. The van der Waals surface area contributed by atoms with Gasteiger partial charge >= 0.3 is 0 Å². The van der Waals surface area contributed by atoms with E-state index in [4.69, 9.17) is 4.74 Å². The van der Waals surface area contributed by atoms with Gasteiger partial charge in [-0.05, 0) is 31.9 Å². The maximum atomic E-state index is 5.70. The number of nitrogens with zero attached hydrogens (tertiary/aromatic N) is 5. The first kappa shape index (κ1) is 15.7. The van der Waals surface area contributed by atoms with Crippen molar-refractivity contribution in [2.45, 2.75) is 32.4 Å². The predicted molar refractivity (Wildman–Crippen MR) is 89.4 cm³/mol. The predicted octanol–water partition coefficient (Wildman–Crippen LogP) is 1.31. The summed E-state index contributed by atoms with van der Waals surface area (Å²) in [6, 6.07) is 5.89. The molecule has 1 saturated heterocycles. The summed E-state index contributed by atoms with van der Waals surface area (Å²) in [5, 5.41) is 11.8. The highest BCUT2D eigenvalue weighted by Crippen LogP contribution is 2.13. The lowest BCUT2D eigenvalue weighted by atomic mass is 10.1. The molecule has 1 N–H and O–H groups in total. The van der Waals surface area contributed by atoms with Crippen LogP contribution in [0.25, 0.3) is 5.65 Å². The minimum atomic E-state index is 0.384. The summed E-state index contributed by atoms with van der Waals surface area (Å²) in [4.78, 5) is 6.67. The van der Waals surface area contributed by atoms with Gasteiger partial charge in [-0.2, -0.15) is 0 Å². The highest BCUT2D eigenvalue weighted by molar-refractivity contribution is 5.79. The molecular formula is C16H24N6O. The van der Waals surface area contributed by atoms with Gasteiger partial charge in [-0.1, -0.05) is 6.07 Å². The molecule has 1 aliphatic heterocycles. The molecule has 2 aromatic rings. The molecule has 7 heteroatoms. The minimum absolute atomic E-state index is 0.384.